The molecule has 4 atom stereocenters. The fourth-order valence-corrected chi connectivity index (χ4v) is 14.9. The summed E-state index contributed by atoms with van der Waals surface area (Å²) < 4.78 is 4.92. The molecule has 3 aliphatic rings. The molecule has 0 spiro atoms. The zero-order valence-corrected chi connectivity index (χ0v) is 45.5. The van der Waals surface area contributed by atoms with Gasteiger partial charge in [-0.3, -0.25) is 9.80 Å². The Labute approximate surface area is 467 Å². The van der Waals surface area contributed by atoms with Crippen LogP contribution in [-0.4, -0.2) is 44.7 Å². The average molecular weight is 1060 g/mol. The first-order chi connectivity index (χ1) is 38.9. The quantitative estimate of drug-likeness (QED) is 0.158. The Balaban J connectivity index is 0.812. The van der Waals surface area contributed by atoms with Crippen LogP contribution in [0.25, 0.3) is 55.0 Å². The van der Waals surface area contributed by atoms with Gasteiger partial charge in [-0.2, -0.15) is 0 Å². The summed E-state index contributed by atoms with van der Waals surface area (Å²) in [5.74, 6) is 1.76. The Morgan fingerprint density at radius 2 is 0.899 bits per heavy atom. The van der Waals surface area contributed by atoms with Crippen molar-refractivity contribution in [1.82, 2.24) is 29.6 Å². The molecule has 4 unspecified atom stereocenters. The molecule has 0 amide bonds. The van der Waals surface area contributed by atoms with E-state index in [9.17, 15) is 0 Å². The maximum atomic E-state index is 5.47. The second-order valence-corrected chi connectivity index (χ2v) is 23.0. The predicted octanol–water partition coefficient (Wildman–Crippen LogP) is 16.0. The summed E-state index contributed by atoms with van der Waals surface area (Å²) in [6.07, 6.45) is -0.561. The number of hydrogen-bond acceptors (Lipinski definition) is 8. The number of nitrogens with one attached hydrogen (secondary N) is 2. The molecule has 0 saturated heterocycles. The predicted molar refractivity (Wildman–Crippen MR) is 326 cm³/mol. The summed E-state index contributed by atoms with van der Waals surface area (Å²) in [6, 6.07) is 87.6. The highest BCUT2D eigenvalue weighted by Gasteiger charge is 2.41. The number of benzene rings is 10. The van der Waals surface area contributed by atoms with Gasteiger partial charge in [-0.25, -0.2) is 9.98 Å². The number of hydrogen-bond donors (Lipinski definition) is 2. The summed E-state index contributed by atoms with van der Waals surface area (Å²) in [4.78, 5) is 20.6. The molecule has 2 N–H and O–H groups in total. The van der Waals surface area contributed by atoms with Crippen LogP contribution < -0.4 is 10.6 Å². The van der Waals surface area contributed by atoms with Gasteiger partial charge in [0.15, 0.2) is 0 Å². The third kappa shape index (κ3) is 7.84. The van der Waals surface area contributed by atoms with Gasteiger partial charge < -0.3 is 19.8 Å². The van der Waals surface area contributed by atoms with Crippen LogP contribution >= 0.6 is 23.5 Å². The number of aromatic nitrogens is 2. The summed E-state index contributed by atoms with van der Waals surface area (Å²) in [7, 11) is 4.35. The van der Waals surface area contributed by atoms with Crippen molar-refractivity contribution in [2.45, 2.75) is 50.7 Å². The maximum Gasteiger partial charge on any atom is 0.132 e. The Hall–Kier alpha value is -8.64. The van der Waals surface area contributed by atoms with Crippen LogP contribution in [0.4, 0.5) is 0 Å². The van der Waals surface area contributed by atoms with Crippen LogP contribution in [0.1, 0.15) is 58.8 Å². The molecule has 8 nitrogen and oxygen atoms in total. The van der Waals surface area contributed by atoms with Crippen molar-refractivity contribution >= 4 is 78.8 Å². The zero-order valence-electron chi connectivity index (χ0n) is 43.8. The molecule has 0 radical (unpaired) electrons. The summed E-state index contributed by atoms with van der Waals surface area (Å²) >= 11 is 3.81. The van der Waals surface area contributed by atoms with Crippen LogP contribution in [0.2, 0.25) is 0 Å². The van der Waals surface area contributed by atoms with Crippen LogP contribution in [0.15, 0.2) is 272 Å². The summed E-state index contributed by atoms with van der Waals surface area (Å²) in [5.41, 5.74) is 13.2. The van der Waals surface area contributed by atoms with Gasteiger partial charge in [-0.05, 0) is 104 Å². The third-order valence-electron chi connectivity index (χ3n) is 16.3. The number of amidine groups is 2. The molecule has 79 heavy (non-hydrogen) atoms. The summed E-state index contributed by atoms with van der Waals surface area (Å²) in [6.45, 7) is 2.26. The highest BCUT2D eigenvalue weighted by atomic mass is 32.2. The van der Waals surface area contributed by atoms with E-state index in [-0.39, 0.29) is 18.5 Å². The number of aliphatic imine (C=N–C) groups is 2. The van der Waals surface area contributed by atoms with Gasteiger partial charge in [0.1, 0.15) is 35.8 Å². The molecule has 5 heterocycles. The first-order valence-corrected chi connectivity index (χ1v) is 28.6. The van der Waals surface area contributed by atoms with Crippen LogP contribution in [-0.2, 0) is 5.66 Å². The van der Waals surface area contributed by atoms with Crippen LogP contribution in [0.5, 0.6) is 0 Å². The molecule has 12 aromatic rings. The second kappa shape index (κ2) is 19.1. The van der Waals surface area contributed by atoms with E-state index < -0.39 is 5.66 Å². The summed E-state index contributed by atoms with van der Waals surface area (Å²) in [5, 5.41) is 12.7. The number of para-hydroxylation sites is 2. The maximum absolute atomic E-state index is 5.47. The van der Waals surface area contributed by atoms with Crippen molar-refractivity contribution in [3.63, 3.8) is 0 Å². The zero-order chi connectivity index (χ0) is 52.8. The lowest BCUT2D eigenvalue weighted by atomic mass is 9.95. The van der Waals surface area contributed by atoms with Gasteiger partial charge in [0.2, 0.25) is 0 Å². The van der Waals surface area contributed by atoms with Crippen LogP contribution in [0, 0.1) is 0 Å². The van der Waals surface area contributed by atoms with Gasteiger partial charge in [-0.15, -0.1) is 0 Å². The average Bonchev–Trinajstić information content (AvgIpc) is 4.27. The molecule has 15 rings (SSSR count). The molecule has 10 heteroatoms. The lowest BCUT2D eigenvalue weighted by molar-refractivity contribution is 0.0603. The normalized spacial score (nSPS) is 19.4. The Bertz CT molecular complexity index is 4400. The van der Waals surface area contributed by atoms with E-state index in [1.165, 1.54) is 68.8 Å². The van der Waals surface area contributed by atoms with Crippen molar-refractivity contribution in [2.24, 2.45) is 9.98 Å². The van der Waals surface area contributed by atoms with E-state index >= 15 is 0 Å². The molecular weight excluding hydrogens is 1000 g/mol. The molecular formula is C69H54N8S2. The first kappa shape index (κ1) is 47.6. The minimum atomic E-state index is -0.529. The highest BCUT2D eigenvalue weighted by molar-refractivity contribution is 8.05. The smallest absolute Gasteiger partial charge is 0.132 e. The lowest BCUT2D eigenvalue weighted by Gasteiger charge is -2.47. The molecule has 0 bridgehead atoms. The van der Waals surface area contributed by atoms with E-state index in [1.54, 1.807) is 0 Å². The fourth-order valence-electron chi connectivity index (χ4n) is 12.3. The van der Waals surface area contributed by atoms with E-state index in [4.69, 9.17) is 9.98 Å². The molecule has 0 saturated carbocycles. The van der Waals surface area contributed by atoms with Crippen molar-refractivity contribution < 1.29 is 0 Å². The number of nitrogens with zero attached hydrogens (tertiary/aromatic N) is 6. The SMILES string of the molecule is CN1C(c2ccccc2)N=C(c2ccccc2)NC1c1cccc(-n2c3ccccc3c3c4c(ccc32)Sc2c(ccc3c2c2ccccc2n3-c2cccc(C3N=C(c5ccccc5)NC(C)(c5ccccc5)N3C)c2)S4)c1. The second-order valence-electron chi connectivity index (χ2n) is 20.9. The standard InChI is InChI=1S/C69H54N8S2/c1-69(49-30-14-7-15-31-49)73-65(45-24-10-5-11-25-45)72-68(75(69)3)48-29-21-33-51(43-48)77-55-37-19-17-35-53(55)61-57(77)39-41-59-63(61)79-58-40-38-56-60(62(58)78-59)52-34-16-18-36-54(52)76(56)50-32-20-28-47(42-50)67-71-64(44-22-8-4-9-23-44)70-66(74(67)2)46-26-12-6-13-27-46/h4-43,66-68H,1-3H3,(H,70,71)(H,72,73). The minimum Gasteiger partial charge on any atom is -0.350 e. The minimum absolute atomic E-state index is 0.136. The van der Waals surface area contributed by atoms with E-state index in [2.05, 4.69) is 293 Å². The van der Waals surface area contributed by atoms with Gasteiger partial charge in [0.05, 0.1) is 22.1 Å². The molecule has 382 valence electrons. The molecule has 0 aliphatic carbocycles. The third-order valence-corrected chi connectivity index (χ3v) is 19.0. The molecule has 10 aromatic carbocycles. The molecule has 3 aliphatic heterocycles. The number of rotatable bonds is 8. The van der Waals surface area contributed by atoms with Gasteiger partial charge >= 0.3 is 0 Å². The Morgan fingerprint density at radius 1 is 0.430 bits per heavy atom. The largest absolute Gasteiger partial charge is 0.350 e. The monoisotopic (exact) mass is 1060 g/mol. The molecule has 0 fully saturated rings. The lowest BCUT2D eigenvalue weighted by Crippen LogP contribution is -2.58. The van der Waals surface area contributed by atoms with Crippen molar-refractivity contribution in [3.8, 4) is 11.4 Å². The number of fused-ring (bicyclic) bond motifs is 10. The van der Waals surface area contributed by atoms with Gasteiger partial charge in [0, 0.05) is 63.6 Å². The van der Waals surface area contributed by atoms with E-state index in [1.807, 2.05) is 23.5 Å². The fraction of sp³-hybridized carbons (Fsp3) is 0.101. The molecule has 2 aromatic heterocycles. The Kier molecular flexibility index (Phi) is 11.5. The first-order valence-electron chi connectivity index (χ1n) is 26.9. The Morgan fingerprint density at radius 3 is 1.48 bits per heavy atom. The van der Waals surface area contributed by atoms with E-state index in [0.717, 1.165) is 50.9 Å². The van der Waals surface area contributed by atoms with Gasteiger partial charge in [-0.1, -0.05) is 206 Å². The van der Waals surface area contributed by atoms with Crippen molar-refractivity contribution in [3.05, 3.63) is 276 Å². The van der Waals surface area contributed by atoms with Gasteiger partial charge in [0.25, 0.3) is 0 Å². The van der Waals surface area contributed by atoms with E-state index in [0.29, 0.717) is 0 Å². The van der Waals surface area contributed by atoms with Crippen molar-refractivity contribution in [2.75, 3.05) is 14.1 Å². The highest BCUT2D eigenvalue weighted by Crippen LogP contribution is 2.56. The van der Waals surface area contributed by atoms with Crippen molar-refractivity contribution in [1.29, 1.82) is 0 Å². The topological polar surface area (TPSA) is 65.1 Å². The van der Waals surface area contributed by atoms with Crippen LogP contribution in [0.3, 0.4) is 0 Å².